The Kier molecular flexibility index (Phi) is 60.8. The first-order valence-corrected chi connectivity index (χ1v) is 32.2. The van der Waals surface area contributed by atoms with Gasteiger partial charge in [0, 0.05) is 19.3 Å². The van der Waals surface area contributed by atoms with E-state index in [1.165, 1.54) is 135 Å². The summed E-state index contributed by atoms with van der Waals surface area (Å²) in [7, 11) is 0. The van der Waals surface area contributed by atoms with Crippen LogP contribution in [-0.2, 0) is 28.6 Å². The minimum atomic E-state index is -0.787. The van der Waals surface area contributed by atoms with Crippen molar-refractivity contribution < 1.29 is 28.6 Å². The molecule has 0 N–H and O–H groups in total. The molecule has 1 atom stereocenters. The van der Waals surface area contributed by atoms with E-state index < -0.39 is 6.10 Å². The fourth-order valence-electron chi connectivity index (χ4n) is 9.07. The van der Waals surface area contributed by atoms with Gasteiger partial charge in [0.15, 0.2) is 6.10 Å². The Balaban J connectivity index is 4.35. The summed E-state index contributed by atoms with van der Waals surface area (Å²) >= 11 is 0. The summed E-state index contributed by atoms with van der Waals surface area (Å²) in [6.07, 6.45) is 85.5. The summed E-state index contributed by atoms with van der Waals surface area (Å²) in [6.45, 7) is 6.43. The molecule has 436 valence electrons. The lowest BCUT2D eigenvalue weighted by Crippen LogP contribution is -2.30. The third-order valence-corrected chi connectivity index (χ3v) is 13.8. The largest absolute Gasteiger partial charge is 0.462 e. The third-order valence-electron chi connectivity index (χ3n) is 13.8. The van der Waals surface area contributed by atoms with E-state index in [-0.39, 0.29) is 31.1 Å². The van der Waals surface area contributed by atoms with Crippen LogP contribution in [-0.4, -0.2) is 37.2 Å². The van der Waals surface area contributed by atoms with Crippen LogP contribution in [0.1, 0.15) is 310 Å². The van der Waals surface area contributed by atoms with Crippen LogP contribution in [0.25, 0.3) is 0 Å². The van der Waals surface area contributed by atoms with Gasteiger partial charge in [0.1, 0.15) is 13.2 Å². The minimum absolute atomic E-state index is 0.0842. The Hall–Kier alpha value is -3.67. The summed E-state index contributed by atoms with van der Waals surface area (Å²) in [5.41, 5.74) is 0. The molecule has 0 saturated carbocycles. The van der Waals surface area contributed by atoms with E-state index in [1.807, 2.05) is 0 Å². The Morgan fingerprint density at radius 1 is 0.276 bits per heavy atom. The highest BCUT2D eigenvalue weighted by Crippen LogP contribution is 2.17. The summed E-state index contributed by atoms with van der Waals surface area (Å²) in [5, 5.41) is 0. The van der Waals surface area contributed by atoms with Gasteiger partial charge >= 0.3 is 17.9 Å². The van der Waals surface area contributed by atoms with E-state index in [9.17, 15) is 14.4 Å². The van der Waals surface area contributed by atoms with Crippen LogP contribution in [0.15, 0.2) is 97.2 Å². The molecule has 0 aromatic rings. The number of unbranched alkanes of at least 4 members (excludes halogenated alkanes) is 31. The van der Waals surface area contributed by atoms with Gasteiger partial charge in [-0.1, -0.05) is 291 Å². The second-order valence-electron chi connectivity index (χ2n) is 21.3. The molecule has 0 aliphatic rings. The number of hydrogen-bond donors (Lipinski definition) is 0. The Morgan fingerprint density at radius 3 is 0.803 bits per heavy atom. The third kappa shape index (κ3) is 61.2. The van der Waals surface area contributed by atoms with Crippen LogP contribution >= 0.6 is 0 Å². The lowest BCUT2D eigenvalue weighted by molar-refractivity contribution is -0.167. The molecule has 0 aromatic heterocycles. The molecule has 0 heterocycles. The number of carbonyl (C=O) groups excluding carboxylic acids is 3. The molecule has 0 saturated heterocycles. The predicted octanol–water partition coefficient (Wildman–Crippen LogP) is 22.0. The summed E-state index contributed by atoms with van der Waals surface area (Å²) in [4.78, 5) is 38.3. The van der Waals surface area contributed by atoms with Gasteiger partial charge in [-0.15, -0.1) is 0 Å². The molecule has 6 nitrogen and oxygen atoms in total. The molecule has 76 heavy (non-hydrogen) atoms. The van der Waals surface area contributed by atoms with E-state index >= 15 is 0 Å². The molecule has 0 rings (SSSR count). The van der Waals surface area contributed by atoms with Gasteiger partial charge < -0.3 is 14.2 Å². The zero-order chi connectivity index (χ0) is 55.0. The lowest BCUT2D eigenvalue weighted by atomic mass is 10.0. The molecule has 0 fully saturated rings. The normalized spacial score (nSPS) is 12.7. The SMILES string of the molecule is CC/C=C\C/C=C\C/C=C\C/C=C\C/C=C\CCCCCCCCCCCC(=O)OCC(COC(=O)CCCCCCC/C=C\C/C=C\C/C=C\CC)OC(=O)CCCCCCCCCCCCCCCCCCCC. The fraction of sp³-hybridized carbons (Fsp3) is 0.729. The standard InChI is InChI=1S/C70H120O6/c1-4-7-10-13-16-19-22-25-28-30-32-33-34-35-36-37-38-40-42-45-48-51-54-57-60-63-69(72)75-66-67(65-74-68(71)62-59-56-53-50-47-44-41-27-24-21-18-15-12-9-6-3)76-70(73)64-61-58-55-52-49-46-43-39-31-29-26-23-20-17-14-11-8-5-2/h7,9-10,12,16,18-19,21,25,27-28,32-33,35-36,41,67H,4-6,8,11,13-15,17,20,22-24,26,29-31,34,37-40,42-66H2,1-3H3/b10-7-,12-9-,19-16-,21-18-,28-25-,33-32-,36-35-,41-27-. The smallest absolute Gasteiger partial charge is 0.306 e. The van der Waals surface area contributed by atoms with Gasteiger partial charge in [0.2, 0.25) is 0 Å². The number of ether oxygens (including phenoxy) is 3. The maximum absolute atomic E-state index is 12.9. The zero-order valence-electron chi connectivity index (χ0n) is 50.0. The first-order valence-electron chi connectivity index (χ1n) is 32.2. The molecule has 0 aliphatic carbocycles. The predicted molar refractivity (Wildman–Crippen MR) is 330 cm³/mol. The number of rotatable bonds is 58. The first kappa shape index (κ1) is 72.3. The summed E-state index contributed by atoms with van der Waals surface area (Å²) in [6, 6.07) is 0. The number of allylic oxidation sites excluding steroid dienone is 16. The minimum Gasteiger partial charge on any atom is -0.462 e. The van der Waals surface area contributed by atoms with Crippen LogP contribution in [0.4, 0.5) is 0 Å². The Bertz CT molecular complexity index is 1490. The van der Waals surface area contributed by atoms with Gasteiger partial charge in [-0.25, -0.2) is 0 Å². The molecular formula is C70H120O6. The Morgan fingerprint density at radius 2 is 0.513 bits per heavy atom. The van der Waals surface area contributed by atoms with Crippen LogP contribution < -0.4 is 0 Å². The fourth-order valence-corrected chi connectivity index (χ4v) is 9.07. The van der Waals surface area contributed by atoms with Crippen LogP contribution in [0, 0.1) is 0 Å². The summed E-state index contributed by atoms with van der Waals surface area (Å²) in [5.74, 6) is -0.894. The highest BCUT2D eigenvalue weighted by molar-refractivity contribution is 5.71. The van der Waals surface area contributed by atoms with E-state index in [1.54, 1.807) is 0 Å². The second kappa shape index (κ2) is 63.9. The van der Waals surface area contributed by atoms with Crippen molar-refractivity contribution >= 4 is 17.9 Å². The van der Waals surface area contributed by atoms with Crippen molar-refractivity contribution in [3.63, 3.8) is 0 Å². The van der Waals surface area contributed by atoms with Crippen molar-refractivity contribution in [1.82, 2.24) is 0 Å². The monoisotopic (exact) mass is 1060 g/mol. The van der Waals surface area contributed by atoms with Gasteiger partial charge in [-0.3, -0.25) is 14.4 Å². The molecule has 1 unspecified atom stereocenters. The van der Waals surface area contributed by atoms with E-state index in [4.69, 9.17) is 14.2 Å². The van der Waals surface area contributed by atoms with Gasteiger partial charge in [-0.2, -0.15) is 0 Å². The van der Waals surface area contributed by atoms with Crippen molar-refractivity contribution in [1.29, 1.82) is 0 Å². The molecule has 0 radical (unpaired) electrons. The lowest BCUT2D eigenvalue weighted by Gasteiger charge is -2.18. The molecule has 0 amide bonds. The molecule has 0 spiro atoms. The molecule has 6 heteroatoms. The first-order chi connectivity index (χ1) is 37.5. The van der Waals surface area contributed by atoms with E-state index in [0.29, 0.717) is 19.3 Å². The van der Waals surface area contributed by atoms with Crippen molar-refractivity contribution in [3.05, 3.63) is 97.2 Å². The highest BCUT2D eigenvalue weighted by Gasteiger charge is 2.19. The van der Waals surface area contributed by atoms with Crippen molar-refractivity contribution in [2.75, 3.05) is 13.2 Å². The quantitative estimate of drug-likeness (QED) is 0.0261. The Labute approximate surface area is 470 Å². The molecular weight excluding hydrogens is 937 g/mol. The number of hydrogen-bond acceptors (Lipinski definition) is 6. The molecule has 0 aromatic carbocycles. The van der Waals surface area contributed by atoms with Crippen molar-refractivity contribution in [2.45, 2.75) is 316 Å². The van der Waals surface area contributed by atoms with Crippen molar-refractivity contribution in [3.8, 4) is 0 Å². The van der Waals surface area contributed by atoms with Gasteiger partial charge in [0.25, 0.3) is 0 Å². The molecule has 0 bridgehead atoms. The van der Waals surface area contributed by atoms with Crippen LogP contribution in [0.2, 0.25) is 0 Å². The molecule has 0 aliphatic heterocycles. The topological polar surface area (TPSA) is 78.9 Å². The average Bonchev–Trinajstić information content (AvgIpc) is 3.42. The van der Waals surface area contributed by atoms with Gasteiger partial charge in [-0.05, 0) is 96.3 Å². The number of carbonyl (C=O) groups is 3. The highest BCUT2D eigenvalue weighted by atomic mass is 16.6. The van der Waals surface area contributed by atoms with Crippen molar-refractivity contribution in [2.24, 2.45) is 0 Å². The van der Waals surface area contributed by atoms with Crippen LogP contribution in [0.5, 0.6) is 0 Å². The average molecular weight is 1060 g/mol. The summed E-state index contributed by atoms with van der Waals surface area (Å²) < 4.78 is 16.9. The van der Waals surface area contributed by atoms with E-state index in [0.717, 1.165) is 135 Å². The maximum atomic E-state index is 12.9. The number of esters is 3. The van der Waals surface area contributed by atoms with Crippen LogP contribution in [0.3, 0.4) is 0 Å². The second-order valence-corrected chi connectivity index (χ2v) is 21.3. The van der Waals surface area contributed by atoms with E-state index in [2.05, 4.69) is 118 Å². The maximum Gasteiger partial charge on any atom is 0.306 e. The van der Waals surface area contributed by atoms with Gasteiger partial charge in [0.05, 0.1) is 0 Å². The zero-order valence-corrected chi connectivity index (χ0v) is 50.0.